The lowest BCUT2D eigenvalue weighted by Gasteiger charge is -2.43. The van der Waals surface area contributed by atoms with E-state index >= 15 is 0 Å². The Labute approximate surface area is 170 Å². The molecule has 2 fully saturated rings. The monoisotopic (exact) mass is 395 g/mol. The Hall–Kier alpha value is -2.89. The van der Waals surface area contributed by atoms with Gasteiger partial charge < -0.3 is 14.7 Å². The summed E-state index contributed by atoms with van der Waals surface area (Å²) in [5.74, 6) is -0.317. The number of halogens is 1. The Morgan fingerprint density at radius 2 is 1.62 bits per heavy atom. The Bertz CT molecular complexity index is 881. The molecule has 0 radical (unpaired) electrons. The number of hydrogen-bond donors (Lipinski definition) is 0. The lowest BCUT2D eigenvalue weighted by atomic mass is 9.83. The second kappa shape index (κ2) is 8.23. The van der Waals surface area contributed by atoms with Gasteiger partial charge in [-0.3, -0.25) is 9.59 Å². The molecule has 2 aromatic rings. The van der Waals surface area contributed by atoms with Crippen molar-refractivity contribution in [3.8, 4) is 0 Å². The molecule has 29 heavy (non-hydrogen) atoms. The van der Waals surface area contributed by atoms with Gasteiger partial charge in [-0.15, -0.1) is 0 Å². The predicted octanol–water partition coefficient (Wildman–Crippen LogP) is 3.08. The zero-order valence-corrected chi connectivity index (χ0v) is 16.6. The average Bonchev–Trinajstić information content (AvgIpc) is 2.76. The molecule has 0 bridgehead atoms. The molecule has 4 rings (SSSR count). The number of benzene rings is 2. The zero-order valence-electron chi connectivity index (χ0n) is 16.6. The van der Waals surface area contributed by atoms with E-state index in [1.807, 2.05) is 46.2 Å². The van der Waals surface area contributed by atoms with Crippen molar-refractivity contribution in [3.05, 3.63) is 66.0 Å². The van der Waals surface area contributed by atoms with Crippen molar-refractivity contribution in [2.24, 2.45) is 5.92 Å². The molecule has 5 nitrogen and oxygen atoms in total. The van der Waals surface area contributed by atoms with Crippen molar-refractivity contribution in [1.29, 1.82) is 0 Å². The van der Waals surface area contributed by atoms with Crippen LogP contribution in [0, 0.1) is 11.7 Å². The van der Waals surface area contributed by atoms with Crippen LogP contribution >= 0.6 is 0 Å². The first-order valence-corrected chi connectivity index (χ1v) is 10.1. The molecule has 0 N–H and O–H groups in total. The topological polar surface area (TPSA) is 43.9 Å². The molecule has 0 spiro atoms. The summed E-state index contributed by atoms with van der Waals surface area (Å²) in [6.45, 7) is 2.32. The van der Waals surface area contributed by atoms with Crippen molar-refractivity contribution in [1.82, 2.24) is 9.80 Å². The van der Waals surface area contributed by atoms with Crippen LogP contribution in [0.25, 0.3) is 0 Å². The molecule has 0 saturated carbocycles. The quantitative estimate of drug-likeness (QED) is 0.802. The van der Waals surface area contributed by atoms with Crippen molar-refractivity contribution in [3.63, 3.8) is 0 Å². The standard InChI is InChI=1S/C23H26FN3O2/c1-25-21(28)12-11-18(22(25)17-7-3-2-4-8-17)23(29)27-15-13-26(14-16-27)20-10-6-5-9-19(20)24/h2-10,18,22H,11-16H2,1H3/t18-,22-/m1/s1. The maximum absolute atomic E-state index is 14.1. The second-order valence-electron chi connectivity index (χ2n) is 7.77. The Morgan fingerprint density at radius 3 is 2.31 bits per heavy atom. The summed E-state index contributed by atoms with van der Waals surface area (Å²) in [5.41, 5.74) is 1.58. The third-order valence-corrected chi connectivity index (χ3v) is 6.10. The lowest BCUT2D eigenvalue weighted by Crippen LogP contribution is -2.53. The fourth-order valence-electron chi connectivity index (χ4n) is 4.51. The first kappa shape index (κ1) is 19.4. The van der Waals surface area contributed by atoms with E-state index < -0.39 is 0 Å². The van der Waals surface area contributed by atoms with E-state index in [9.17, 15) is 14.0 Å². The van der Waals surface area contributed by atoms with E-state index in [4.69, 9.17) is 0 Å². The summed E-state index contributed by atoms with van der Waals surface area (Å²) in [4.78, 5) is 31.3. The van der Waals surface area contributed by atoms with Crippen molar-refractivity contribution in [2.75, 3.05) is 38.1 Å². The molecule has 2 aliphatic heterocycles. The number of amides is 2. The van der Waals surface area contributed by atoms with Crippen molar-refractivity contribution < 1.29 is 14.0 Å². The first-order valence-electron chi connectivity index (χ1n) is 10.1. The van der Waals surface area contributed by atoms with Crippen LogP contribution in [0.5, 0.6) is 0 Å². The summed E-state index contributed by atoms with van der Waals surface area (Å²) in [6.07, 6.45) is 0.959. The van der Waals surface area contributed by atoms with Crippen LogP contribution in [0.15, 0.2) is 54.6 Å². The second-order valence-corrected chi connectivity index (χ2v) is 7.77. The number of rotatable bonds is 3. The SMILES string of the molecule is CN1C(=O)CC[C@@H](C(=O)N2CCN(c3ccccc3F)CC2)[C@H]1c1ccccc1. The number of anilines is 1. The minimum absolute atomic E-state index is 0.0762. The normalized spacial score (nSPS) is 22.7. The van der Waals surface area contributed by atoms with Gasteiger partial charge in [0.05, 0.1) is 17.6 Å². The maximum Gasteiger partial charge on any atom is 0.228 e. The molecule has 2 amide bonds. The highest BCUT2D eigenvalue weighted by Gasteiger charge is 2.41. The van der Waals surface area contributed by atoms with Crippen LogP contribution in [-0.2, 0) is 9.59 Å². The van der Waals surface area contributed by atoms with Gasteiger partial charge in [0.25, 0.3) is 0 Å². The number of piperazine rings is 1. The molecule has 2 aromatic carbocycles. The fourth-order valence-corrected chi connectivity index (χ4v) is 4.51. The average molecular weight is 395 g/mol. The molecule has 0 unspecified atom stereocenters. The number of hydrogen-bond acceptors (Lipinski definition) is 3. The highest BCUT2D eigenvalue weighted by molar-refractivity contribution is 5.85. The predicted molar refractivity (Wildman–Crippen MR) is 110 cm³/mol. The molecule has 0 aromatic heterocycles. The van der Waals surface area contributed by atoms with E-state index in [1.54, 1.807) is 24.1 Å². The Morgan fingerprint density at radius 1 is 0.966 bits per heavy atom. The Balaban J connectivity index is 1.48. The number of carbonyl (C=O) groups is 2. The van der Waals surface area contributed by atoms with Gasteiger partial charge in [-0.2, -0.15) is 0 Å². The molecule has 2 saturated heterocycles. The molecule has 2 aliphatic rings. The molecular weight excluding hydrogens is 369 g/mol. The number of carbonyl (C=O) groups excluding carboxylic acids is 2. The van der Waals surface area contributed by atoms with Gasteiger partial charge >= 0.3 is 0 Å². The maximum atomic E-state index is 14.1. The van der Waals surface area contributed by atoms with Crippen LogP contribution < -0.4 is 4.90 Å². The minimum Gasteiger partial charge on any atom is -0.366 e. The van der Waals surface area contributed by atoms with Gasteiger partial charge in [-0.05, 0) is 24.1 Å². The molecule has 2 heterocycles. The van der Waals surface area contributed by atoms with Crippen molar-refractivity contribution >= 4 is 17.5 Å². The molecule has 2 atom stereocenters. The highest BCUT2D eigenvalue weighted by atomic mass is 19.1. The van der Waals surface area contributed by atoms with Crippen LogP contribution in [0.4, 0.5) is 10.1 Å². The van der Waals surface area contributed by atoms with E-state index in [-0.39, 0.29) is 29.6 Å². The molecule has 152 valence electrons. The number of nitrogens with zero attached hydrogens (tertiary/aromatic N) is 3. The van der Waals surface area contributed by atoms with Gasteiger partial charge in [-0.1, -0.05) is 42.5 Å². The number of para-hydroxylation sites is 1. The summed E-state index contributed by atoms with van der Waals surface area (Å²) in [7, 11) is 1.79. The minimum atomic E-state index is -0.250. The van der Waals surface area contributed by atoms with E-state index in [0.717, 1.165) is 5.56 Å². The molecule has 0 aliphatic carbocycles. The summed E-state index contributed by atoms with van der Waals surface area (Å²) in [6, 6.07) is 16.3. The van der Waals surface area contributed by atoms with Crippen molar-refractivity contribution in [2.45, 2.75) is 18.9 Å². The number of piperidine rings is 1. The van der Waals surface area contributed by atoms with E-state index in [0.29, 0.717) is 44.7 Å². The van der Waals surface area contributed by atoms with E-state index in [2.05, 4.69) is 0 Å². The number of likely N-dealkylation sites (tertiary alicyclic amines) is 1. The third-order valence-electron chi connectivity index (χ3n) is 6.10. The molecular formula is C23H26FN3O2. The van der Waals surface area contributed by atoms with Gasteiger partial charge in [0.2, 0.25) is 11.8 Å². The van der Waals surface area contributed by atoms with Crippen LogP contribution in [0.3, 0.4) is 0 Å². The van der Waals surface area contributed by atoms with Gasteiger partial charge in [0.15, 0.2) is 0 Å². The van der Waals surface area contributed by atoms with Crippen LogP contribution in [0.1, 0.15) is 24.4 Å². The fraction of sp³-hybridized carbons (Fsp3) is 0.391. The summed E-state index contributed by atoms with van der Waals surface area (Å²) < 4.78 is 14.1. The molecule has 6 heteroatoms. The van der Waals surface area contributed by atoms with Gasteiger partial charge in [-0.25, -0.2) is 4.39 Å². The third kappa shape index (κ3) is 3.84. The largest absolute Gasteiger partial charge is 0.366 e. The Kier molecular flexibility index (Phi) is 5.51. The van der Waals surface area contributed by atoms with Gasteiger partial charge in [0.1, 0.15) is 5.82 Å². The van der Waals surface area contributed by atoms with E-state index in [1.165, 1.54) is 6.07 Å². The van der Waals surface area contributed by atoms with Gasteiger partial charge in [0, 0.05) is 39.6 Å². The smallest absolute Gasteiger partial charge is 0.228 e. The van der Waals surface area contributed by atoms with Crippen LogP contribution in [0.2, 0.25) is 0 Å². The lowest BCUT2D eigenvalue weighted by molar-refractivity contribution is -0.146. The summed E-state index contributed by atoms with van der Waals surface area (Å²) >= 11 is 0. The van der Waals surface area contributed by atoms with Crippen LogP contribution in [-0.4, -0.2) is 54.8 Å². The summed E-state index contributed by atoms with van der Waals surface area (Å²) in [5, 5.41) is 0. The zero-order chi connectivity index (χ0) is 20.4. The first-order chi connectivity index (χ1) is 14.1. The highest BCUT2D eigenvalue weighted by Crippen LogP contribution is 2.37.